The summed E-state index contributed by atoms with van der Waals surface area (Å²) >= 11 is 5.84. The monoisotopic (exact) mass is 350 g/mol. The van der Waals surface area contributed by atoms with E-state index in [4.69, 9.17) is 16.3 Å². The van der Waals surface area contributed by atoms with Crippen molar-refractivity contribution in [3.63, 3.8) is 0 Å². The van der Waals surface area contributed by atoms with E-state index in [1.807, 2.05) is 42.5 Å². The minimum absolute atomic E-state index is 0.125. The molecule has 0 N–H and O–H groups in total. The third kappa shape index (κ3) is 5.82. The minimum atomic E-state index is -3.39. The average Bonchev–Trinajstić information content (AvgIpc) is 2.59. The zero-order valence-electron chi connectivity index (χ0n) is 12.6. The Balaban J connectivity index is 1.89. The molecular formula is C18H19ClO3S. The molecule has 2 aromatic carbocycles. The van der Waals surface area contributed by atoms with Crippen molar-refractivity contribution in [2.45, 2.75) is 11.0 Å². The van der Waals surface area contributed by atoms with E-state index in [1.165, 1.54) is 0 Å². The number of sulfone groups is 1. The normalized spacial score (nSPS) is 13.3. The molecule has 0 heterocycles. The molecule has 1 unspecified atom stereocenters. The summed E-state index contributed by atoms with van der Waals surface area (Å²) in [4.78, 5) is 0.290. The second kappa shape index (κ2) is 8.87. The maximum atomic E-state index is 12.3. The first-order chi connectivity index (χ1) is 11.1. The van der Waals surface area contributed by atoms with Crippen molar-refractivity contribution in [3.8, 4) is 0 Å². The molecule has 0 aliphatic carbocycles. The van der Waals surface area contributed by atoms with Crippen molar-refractivity contribution >= 4 is 27.5 Å². The van der Waals surface area contributed by atoms with Crippen molar-refractivity contribution < 1.29 is 13.2 Å². The van der Waals surface area contributed by atoms with Crippen LogP contribution in [0.3, 0.4) is 0 Å². The lowest BCUT2D eigenvalue weighted by molar-refractivity contribution is 0.107. The summed E-state index contributed by atoms with van der Waals surface area (Å²) in [5.74, 6) is 0.00489. The molecule has 0 fully saturated rings. The molecule has 0 amide bonds. The first-order valence-corrected chi connectivity index (χ1v) is 9.47. The maximum absolute atomic E-state index is 12.3. The summed E-state index contributed by atoms with van der Waals surface area (Å²) in [6.07, 6.45) is 3.24. The quantitative estimate of drug-likeness (QED) is 0.680. The number of benzene rings is 2. The molecule has 0 saturated heterocycles. The van der Waals surface area contributed by atoms with Gasteiger partial charge in [0.2, 0.25) is 0 Å². The van der Waals surface area contributed by atoms with Gasteiger partial charge in [-0.05, 0) is 17.7 Å². The number of halogens is 1. The van der Waals surface area contributed by atoms with Gasteiger partial charge in [0.05, 0.1) is 23.4 Å². The van der Waals surface area contributed by atoms with E-state index in [1.54, 1.807) is 30.3 Å². The Morgan fingerprint density at radius 3 is 2.22 bits per heavy atom. The standard InChI is InChI=1S/C18H19ClO3S/c19-14-17(15-23(20,21)18-11-5-2-6-12-18)22-13-7-10-16-8-3-1-4-9-16/h1-12,17H,13-15H2/b10-7+. The Bertz CT molecular complexity index is 712. The van der Waals surface area contributed by atoms with Crippen LogP contribution >= 0.6 is 11.6 Å². The van der Waals surface area contributed by atoms with E-state index in [-0.39, 0.29) is 11.6 Å². The lowest BCUT2D eigenvalue weighted by atomic mass is 10.2. The smallest absolute Gasteiger partial charge is 0.180 e. The number of rotatable bonds is 8. The van der Waals surface area contributed by atoms with Crippen LogP contribution in [0.5, 0.6) is 0 Å². The predicted octanol–water partition coefficient (Wildman–Crippen LogP) is 3.80. The molecule has 5 heteroatoms. The highest BCUT2D eigenvalue weighted by atomic mass is 35.5. The van der Waals surface area contributed by atoms with Crippen molar-refractivity contribution in [1.82, 2.24) is 0 Å². The van der Waals surface area contributed by atoms with Crippen LogP contribution in [0, 0.1) is 0 Å². The average molecular weight is 351 g/mol. The Kier molecular flexibility index (Phi) is 6.84. The highest BCUT2D eigenvalue weighted by molar-refractivity contribution is 7.91. The Hall–Kier alpha value is -1.62. The summed E-state index contributed by atoms with van der Waals surface area (Å²) in [5, 5.41) is 0. The molecule has 23 heavy (non-hydrogen) atoms. The fourth-order valence-corrected chi connectivity index (χ4v) is 3.84. The van der Waals surface area contributed by atoms with E-state index in [9.17, 15) is 8.42 Å². The van der Waals surface area contributed by atoms with Gasteiger partial charge in [0.1, 0.15) is 0 Å². The zero-order valence-corrected chi connectivity index (χ0v) is 14.2. The molecule has 0 spiro atoms. The fraction of sp³-hybridized carbons (Fsp3) is 0.222. The zero-order chi connectivity index (χ0) is 16.5. The van der Waals surface area contributed by atoms with Gasteiger partial charge in [-0.3, -0.25) is 0 Å². The van der Waals surface area contributed by atoms with Crippen LogP contribution < -0.4 is 0 Å². The first kappa shape index (κ1) is 17.7. The Morgan fingerprint density at radius 1 is 1.00 bits per heavy atom. The Labute approximate surface area is 142 Å². The maximum Gasteiger partial charge on any atom is 0.180 e. The first-order valence-electron chi connectivity index (χ1n) is 7.29. The minimum Gasteiger partial charge on any atom is -0.372 e. The van der Waals surface area contributed by atoms with E-state index in [2.05, 4.69) is 0 Å². The highest BCUT2D eigenvalue weighted by Crippen LogP contribution is 2.13. The van der Waals surface area contributed by atoms with Crippen molar-refractivity contribution in [2.75, 3.05) is 18.2 Å². The molecule has 1 atom stereocenters. The van der Waals surface area contributed by atoms with E-state index in [0.717, 1.165) is 5.56 Å². The topological polar surface area (TPSA) is 43.4 Å². The van der Waals surface area contributed by atoms with Gasteiger partial charge in [-0.25, -0.2) is 8.42 Å². The Morgan fingerprint density at radius 2 is 1.61 bits per heavy atom. The molecule has 122 valence electrons. The third-order valence-corrected chi connectivity index (χ3v) is 5.36. The molecule has 3 nitrogen and oxygen atoms in total. The molecule has 0 aliphatic rings. The van der Waals surface area contributed by atoms with Gasteiger partial charge >= 0.3 is 0 Å². The van der Waals surface area contributed by atoms with E-state index < -0.39 is 15.9 Å². The fourth-order valence-electron chi connectivity index (χ4n) is 2.05. The van der Waals surface area contributed by atoms with E-state index in [0.29, 0.717) is 11.5 Å². The van der Waals surface area contributed by atoms with Gasteiger partial charge in [-0.15, -0.1) is 11.6 Å². The van der Waals surface area contributed by atoms with Gasteiger partial charge in [0.25, 0.3) is 0 Å². The van der Waals surface area contributed by atoms with E-state index >= 15 is 0 Å². The second-order valence-electron chi connectivity index (χ2n) is 5.02. The lowest BCUT2D eigenvalue weighted by Gasteiger charge is -2.14. The molecule has 0 saturated carbocycles. The number of hydrogen-bond acceptors (Lipinski definition) is 3. The summed E-state index contributed by atoms with van der Waals surface area (Å²) in [6.45, 7) is 0.316. The number of ether oxygens (including phenoxy) is 1. The molecule has 0 bridgehead atoms. The molecule has 0 aliphatic heterocycles. The summed E-state index contributed by atoms with van der Waals surface area (Å²) in [7, 11) is -3.39. The summed E-state index contributed by atoms with van der Waals surface area (Å²) in [5.41, 5.74) is 1.07. The highest BCUT2D eigenvalue weighted by Gasteiger charge is 2.20. The summed E-state index contributed by atoms with van der Waals surface area (Å²) in [6, 6.07) is 18.2. The van der Waals surface area contributed by atoms with Crippen LogP contribution in [0.15, 0.2) is 71.6 Å². The van der Waals surface area contributed by atoms with Crippen LogP contribution in [-0.2, 0) is 14.6 Å². The van der Waals surface area contributed by atoms with Gasteiger partial charge in [0, 0.05) is 5.88 Å². The predicted molar refractivity (Wildman–Crippen MR) is 94.4 cm³/mol. The van der Waals surface area contributed by atoms with Crippen molar-refractivity contribution in [1.29, 1.82) is 0 Å². The van der Waals surface area contributed by atoms with Crippen LogP contribution in [0.4, 0.5) is 0 Å². The molecule has 2 aromatic rings. The third-order valence-electron chi connectivity index (χ3n) is 3.22. The van der Waals surface area contributed by atoms with Crippen LogP contribution in [0.25, 0.3) is 6.08 Å². The van der Waals surface area contributed by atoms with Gasteiger partial charge < -0.3 is 4.74 Å². The largest absolute Gasteiger partial charge is 0.372 e. The second-order valence-corrected chi connectivity index (χ2v) is 7.36. The SMILES string of the molecule is O=S(=O)(CC(CCl)OC/C=C/c1ccccc1)c1ccccc1. The molecule has 0 radical (unpaired) electrons. The number of alkyl halides is 1. The van der Waals surface area contributed by atoms with Crippen molar-refractivity contribution in [2.24, 2.45) is 0 Å². The molecule has 0 aromatic heterocycles. The molecular weight excluding hydrogens is 332 g/mol. The van der Waals surface area contributed by atoms with Crippen LogP contribution in [0.1, 0.15) is 5.56 Å². The van der Waals surface area contributed by atoms with Gasteiger partial charge in [-0.1, -0.05) is 60.7 Å². The van der Waals surface area contributed by atoms with Crippen molar-refractivity contribution in [3.05, 3.63) is 72.3 Å². The van der Waals surface area contributed by atoms with Gasteiger partial charge in [-0.2, -0.15) is 0 Å². The van der Waals surface area contributed by atoms with Crippen LogP contribution in [0.2, 0.25) is 0 Å². The van der Waals surface area contributed by atoms with Crippen LogP contribution in [-0.4, -0.2) is 32.8 Å². The molecule has 2 rings (SSSR count). The summed E-state index contributed by atoms with van der Waals surface area (Å²) < 4.78 is 30.2. The van der Waals surface area contributed by atoms with Gasteiger partial charge in [0.15, 0.2) is 9.84 Å². The lowest BCUT2D eigenvalue weighted by Crippen LogP contribution is -2.26. The number of hydrogen-bond donors (Lipinski definition) is 0.